The summed E-state index contributed by atoms with van der Waals surface area (Å²) in [6.07, 6.45) is 2.54. The van der Waals surface area contributed by atoms with Crippen molar-refractivity contribution in [1.82, 2.24) is 14.6 Å². The van der Waals surface area contributed by atoms with Gasteiger partial charge < -0.3 is 19.5 Å². The van der Waals surface area contributed by atoms with Crippen molar-refractivity contribution in [3.63, 3.8) is 0 Å². The van der Waals surface area contributed by atoms with Crippen LogP contribution in [-0.2, 0) is 39.1 Å². The maximum absolute atomic E-state index is 12.6. The fourth-order valence-corrected chi connectivity index (χ4v) is 6.02. The second-order valence-corrected chi connectivity index (χ2v) is 12.3. The van der Waals surface area contributed by atoms with Crippen molar-refractivity contribution in [2.45, 2.75) is 49.4 Å². The molecule has 1 aliphatic rings. The molecule has 1 fully saturated rings. The summed E-state index contributed by atoms with van der Waals surface area (Å²) in [6.45, 7) is 1.76. The minimum absolute atomic E-state index is 0.00487. The molecule has 220 valence electrons. The van der Waals surface area contributed by atoms with Crippen molar-refractivity contribution in [3.8, 4) is 0 Å². The second kappa shape index (κ2) is 14.2. The molecule has 0 bridgehead atoms. The number of nitrogens with zero attached hydrogens (tertiary/aromatic N) is 2. The Balaban J connectivity index is 1.26. The molecule has 3 atom stereocenters. The number of sulfonamides is 1. The number of aliphatic hydroxyl groups is 1. The highest BCUT2D eigenvalue weighted by molar-refractivity contribution is 7.89. The number of likely N-dealkylation sites (N-methyl/N-ethyl adjacent to an activating group) is 1. The second-order valence-electron chi connectivity index (χ2n) is 10.6. The summed E-state index contributed by atoms with van der Waals surface area (Å²) in [4.78, 5) is 6.93. The number of hydrogen-bond donors (Lipinski definition) is 2. The van der Waals surface area contributed by atoms with Crippen molar-refractivity contribution in [2.75, 3.05) is 20.1 Å². The van der Waals surface area contributed by atoms with E-state index in [1.807, 2.05) is 72.9 Å². The predicted molar refractivity (Wildman–Crippen MR) is 161 cm³/mol. The van der Waals surface area contributed by atoms with Gasteiger partial charge in [0.05, 0.1) is 23.7 Å². The van der Waals surface area contributed by atoms with E-state index in [0.29, 0.717) is 6.42 Å². The molecule has 0 aliphatic carbocycles. The van der Waals surface area contributed by atoms with Gasteiger partial charge in [0, 0.05) is 49.9 Å². The van der Waals surface area contributed by atoms with Crippen LogP contribution in [-0.4, -0.2) is 49.6 Å². The van der Waals surface area contributed by atoms with E-state index in [4.69, 9.17) is 9.47 Å². The number of pyridine rings is 1. The van der Waals surface area contributed by atoms with Crippen LogP contribution in [0.3, 0.4) is 0 Å². The molecule has 4 aromatic rings. The summed E-state index contributed by atoms with van der Waals surface area (Å²) < 4.78 is 40.8. The molecule has 0 radical (unpaired) electrons. The third kappa shape index (κ3) is 8.10. The van der Waals surface area contributed by atoms with Gasteiger partial charge >= 0.3 is 0 Å². The maximum Gasteiger partial charge on any atom is 0.240 e. The van der Waals surface area contributed by atoms with E-state index in [9.17, 15) is 13.5 Å². The highest BCUT2D eigenvalue weighted by Gasteiger charge is 2.32. The SMILES string of the molecule is CN(CCc1ccccn1)C[C@H]1C[C@@H](c2ccc(CO)cc2)O[C@@H](c2ccc(CNS(=O)(=O)c3ccccc3)cc2)O1. The Labute approximate surface area is 248 Å². The first-order valence-electron chi connectivity index (χ1n) is 14.1. The highest BCUT2D eigenvalue weighted by atomic mass is 32.2. The van der Waals surface area contributed by atoms with Crippen LogP contribution in [0.5, 0.6) is 0 Å². The molecule has 0 spiro atoms. The summed E-state index contributed by atoms with van der Waals surface area (Å²) in [6, 6.07) is 29.8. The number of benzene rings is 3. The van der Waals surface area contributed by atoms with Crippen LogP contribution >= 0.6 is 0 Å². The van der Waals surface area contributed by atoms with E-state index in [-0.39, 0.29) is 30.3 Å². The van der Waals surface area contributed by atoms with Gasteiger partial charge in [0.1, 0.15) is 0 Å². The summed E-state index contributed by atoms with van der Waals surface area (Å²) in [7, 11) is -1.51. The molecule has 0 unspecified atom stereocenters. The zero-order chi connectivity index (χ0) is 29.4. The molecule has 2 heterocycles. The minimum Gasteiger partial charge on any atom is -0.392 e. The third-order valence-electron chi connectivity index (χ3n) is 7.38. The molecule has 1 aromatic heterocycles. The lowest BCUT2D eigenvalue weighted by atomic mass is 9.99. The monoisotopic (exact) mass is 587 g/mol. The molecule has 42 heavy (non-hydrogen) atoms. The third-order valence-corrected chi connectivity index (χ3v) is 8.79. The van der Waals surface area contributed by atoms with Gasteiger partial charge in [0.25, 0.3) is 0 Å². The number of nitrogens with one attached hydrogen (secondary N) is 1. The number of ether oxygens (including phenoxy) is 2. The van der Waals surface area contributed by atoms with Crippen LogP contribution in [0.1, 0.15) is 46.8 Å². The lowest BCUT2D eigenvalue weighted by molar-refractivity contribution is -0.252. The number of aromatic nitrogens is 1. The molecule has 0 amide bonds. The molecular weight excluding hydrogens is 550 g/mol. The first-order chi connectivity index (χ1) is 20.4. The Hall–Kier alpha value is -3.44. The van der Waals surface area contributed by atoms with Crippen molar-refractivity contribution in [2.24, 2.45) is 0 Å². The van der Waals surface area contributed by atoms with Gasteiger partial charge in [-0.05, 0) is 48.0 Å². The van der Waals surface area contributed by atoms with E-state index in [0.717, 1.165) is 47.5 Å². The average molecular weight is 588 g/mol. The van der Waals surface area contributed by atoms with Gasteiger partial charge in [0.15, 0.2) is 6.29 Å². The summed E-state index contributed by atoms with van der Waals surface area (Å²) >= 11 is 0. The Morgan fingerprint density at radius 1 is 0.881 bits per heavy atom. The highest BCUT2D eigenvalue weighted by Crippen LogP contribution is 2.38. The minimum atomic E-state index is -3.60. The first kappa shape index (κ1) is 30.0. The van der Waals surface area contributed by atoms with Crippen LogP contribution < -0.4 is 4.72 Å². The van der Waals surface area contributed by atoms with Gasteiger partial charge in [0.2, 0.25) is 10.0 Å². The van der Waals surface area contributed by atoms with E-state index in [1.165, 1.54) is 0 Å². The van der Waals surface area contributed by atoms with Gasteiger partial charge in [-0.1, -0.05) is 72.8 Å². The number of aliphatic hydroxyl groups excluding tert-OH is 1. The summed E-state index contributed by atoms with van der Waals surface area (Å²) in [5.41, 5.74) is 4.64. The quantitative estimate of drug-likeness (QED) is 0.246. The van der Waals surface area contributed by atoms with E-state index in [2.05, 4.69) is 21.7 Å². The van der Waals surface area contributed by atoms with Crippen LogP contribution in [0.4, 0.5) is 0 Å². The smallest absolute Gasteiger partial charge is 0.240 e. The predicted octanol–water partition coefficient (Wildman–Crippen LogP) is 4.77. The molecule has 9 heteroatoms. The fourth-order valence-electron chi connectivity index (χ4n) is 4.98. The van der Waals surface area contributed by atoms with Gasteiger partial charge in [-0.25, -0.2) is 13.1 Å². The van der Waals surface area contributed by atoms with E-state index in [1.54, 1.807) is 30.3 Å². The largest absolute Gasteiger partial charge is 0.392 e. The number of hydrogen-bond acceptors (Lipinski definition) is 7. The van der Waals surface area contributed by atoms with Crippen LogP contribution in [0.25, 0.3) is 0 Å². The maximum atomic E-state index is 12.6. The van der Waals surface area contributed by atoms with Crippen molar-refractivity contribution >= 4 is 10.0 Å². The van der Waals surface area contributed by atoms with Crippen LogP contribution in [0, 0.1) is 0 Å². The molecule has 5 rings (SSSR count). The van der Waals surface area contributed by atoms with E-state index < -0.39 is 16.3 Å². The molecule has 1 aliphatic heterocycles. The lowest BCUT2D eigenvalue weighted by Gasteiger charge is -2.38. The Morgan fingerprint density at radius 2 is 1.57 bits per heavy atom. The van der Waals surface area contributed by atoms with Gasteiger partial charge in [-0.2, -0.15) is 0 Å². The topological polar surface area (TPSA) is 101 Å². The van der Waals surface area contributed by atoms with Crippen molar-refractivity contribution < 1.29 is 23.0 Å². The zero-order valence-electron chi connectivity index (χ0n) is 23.7. The number of rotatable bonds is 12. The zero-order valence-corrected chi connectivity index (χ0v) is 24.5. The Morgan fingerprint density at radius 3 is 2.26 bits per heavy atom. The van der Waals surface area contributed by atoms with E-state index >= 15 is 0 Å². The average Bonchev–Trinajstić information content (AvgIpc) is 3.04. The Kier molecular flexibility index (Phi) is 10.1. The molecule has 8 nitrogen and oxygen atoms in total. The molecule has 0 saturated carbocycles. The van der Waals surface area contributed by atoms with Gasteiger partial charge in [-0.3, -0.25) is 4.98 Å². The first-order valence-corrected chi connectivity index (χ1v) is 15.6. The standard InChI is InChI=1S/C33H37N3O5S/c1-36(20-18-29-7-5-6-19-34-29)23-30-21-32(27-14-12-26(24-37)13-15-27)41-33(40-30)28-16-10-25(11-17-28)22-35-42(38,39)31-8-3-2-4-9-31/h2-17,19,30,32-33,35,37H,18,20-24H2,1H3/t30-,32+,33+/m1/s1. The molecular formula is C33H37N3O5S. The lowest BCUT2D eigenvalue weighted by Crippen LogP contribution is -2.38. The molecule has 1 saturated heterocycles. The molecule has 3 aromatic carbocycles. The summed E-state index contributed by atoms with van der Waals surface area (Å²) in [5, 5.41) is 9.47. The summed E-state index contributed by atoms with van der Waals surface area (Å²) in [5.74, 6) is 0. The van der Waals surface area contributed by atoms with Gasteiger partial charge in [-0.15, -0.1) is 0 Å². The fraction of sp³-hybridized carbons (Fsp3) is 0.303. The van der Waals surface area contributed by atoms with Crippen molar-refractivity contribution in [1.29, 1.82) is 0 Å². The van der Waals surface area contributed by atoms with Crippen LogP contribution in [0.2, 0.25) is 0 Å². The Bertz CT molecular complexity index is 1500. The normalized spacial score (nSPS) is 19.2. The van der Waals surface area contributed by atoms with Crippen molar-refractivity contribution in [3.05, 3.63) is 131 Å². The molecule has 2 N–H and O–H groups in total. The van der Waals surface area contributed by atoms with Crippen LogP contribution in [0.15, 0.2) is 108 Å².